The first-order chi connectivity index (χ1) is 7.45. The van der Waals surface area contributed by atoms with Crippen molar-refractivity contribution < 1.29 is 51.0 Å². The molecule has 0 aromatic heterocycles. The van der Waals surface area contributed by atoms with E-state index < -0.39 is 0 Å². The Balaban J connectivity index is 0.000000963. The molecule has 0 amide bonds. The summed E-state index contributed by atoms with van der Waals surface area (Å²) in [4.78, 5) is 0. The summed E-state index contributed by atoms with van der Waals surface area (Å²) in [5.41, 5.74) is 4.57. The van der Waals surface area contributed by atoms with E-state index in [1.807, 2.05) is 0 Å². The van der Waals surface area contributed by atoms with Gasteiger partial charge >= 0.3 is 26.2 Å². The molecule has 0 spiro atoms. The molecule has 0 nitrogen and oxygen atoms in total. The maximum atomic E-state index is 3.46. The first-order valence-corrected chi connectivity index (χ1v) is 6.12. The fourth-order valence-corrected chi connectivity index (χ4v) is 3.02. The van der Waals surface area contributed by atoms with E-state index in [-0.39, 0.29) is 51.0 Å². The molecule has 0 aromatic rings. The number of hydrogen-bond acceptors (Lipinski definition) is 0. The maximum absolute atomic E-state index is 3.46. The quantitative estimate of drug-likeness (QED) is 0.507. The fraction of sp³-hybridized carbons (Fsp3) is 0.467. The van der Waals surface area contributed by atoms with E-state index >= 15 is 0 Å². The largest absolute Gasteiger partial charge is 3.00 e. The average molecular weight is 359 g/mol. The molecule has 3 aliphatic rings. The van der Waals surface area contributed by atoms with E-state index in [1.54, 1.807) is 11.1 Å². The number of rotatable bonds is 2. The van der Waals surface area contributed by atoms with Crippen molar-refractivity contribution in [3.05, 3.63) is 47.1 Å². The summed E-state index contributed by atoms with van der Waals surface area (Å²) in [6.45, 7) is 0. The Hall–Kier alpha value is 0.423. The normalized spacial score (nSPS) is 21.4. The third kappa shape index (κ3) is 3.72. The molecule has 0 aliphatic heterocycles. The molecule has 3 aliphatic carbocycles. The molecule has 3 heteroatoms. The van der Waals surface area contributed by atoms with Crippen LogP contribution in [0.4, 0.5) is 0 Å². The average Bonchev–Trinajstić information content (AvgIpc) is 3.01. The van der Waals surface area contributed by atoms with Crippen LogP contribution in [0.3, 0.4) is 0 Å². The zero-order valence-electron chi connectivity index (χ0n) is 10.4. The molecule has 0 bridgehead atoms. The van der Waals surface area contributed by atoms with Gasteiger partial charge in [-0.3, -0.25) is 0 Å². The molecule has 0 aromatic carbocycles. The predicted octanol–water partition coefficient (Wildman–Crippen LogP) is -1.87. The van der Waals surface area contributed by atoms with Crippen LogP contribution in [0.2, 0.25) is 0 Å². The van der Waals surface area contributed by atoms with Crippen LogP contribution < -0.4 is 24.8 Å². The summed E-state index contributed by atoms with van der Waals surface area (Å²) in [5, 5.41) is 0. The summed E-state index contributed by atoms with van der Waals surface area (Å²) in [5.74, 6) is 0.849. The van der Waals surface area contributed by atoms with Gasteiger partial charge < -0.3 is 24.8 Å². The van der Waals surface area contributed by atoms with Gasteiger partial charge in [0.25, 0.3) is 0 Å². The molecule has 95 valence electrons. The van der Waals surface area contributed by atoms with Gasteiger partial charge in [-0.15, -0.1) is 11.6 Å². The Morgan fingerprint density at radius 1 is 1.00 bits per heavy atom. The summed E-state index contributed by atoms with van der Waals surface area (Å²) < 4.78 is 0. The first kappa shape index (κ1) is 18.4. The molecule has 0 unspecified atom stereocenters. The molecular formula is C15H17Cl2Zr. The van der Waals surface area contributed by atoms with Crippen LogP contribution in [-0.4, -0.2) is 0 Å². The molecule has 1 saturated carbocycles. The summed E-state index contributed by atoms with van der Waals surface area (Å²) >= 11 is 0. The van der Waals surface area contributed by atoms with E-state index in [1.165, 1.54) is 31.3 Å². The van der Waals surface area contributed by atoms with E-state index in [0.717, 1.165) is 18.8 Å². The van der Waals surface area contributed by atoms with Crippen molar-refractivity contribution in [2.45, 2.75) is 38.5 Å². The van der Waals surface area contributed by atoms with E-state index in [2.05, 4.69) is 30.4 Å². The minimum Gasteiger partial charge on any atom is -1.00 e. The molecule has 1 fully saturated rings. The van der Waals surface area contributed by atoms with Gasteiger partial charge in [-0.05, 0) is 18.8 Å². The Kier molecular flexibility index (Phi) is 8.77. The Labute approximate surface area is 142 Å². The number of halogens is 2. The summed E-state index contributed by atoms with van der Waals surface area (Å²) in [6.07, 6.45) is 20.4. The first-order valence-electron chi connectivity index (χ1n) is 6.12. The minimum absolute atomic E-state index is 0. The van der Waals surface area contributed by atoms with Crippen LogP contribution in [0, 0.1) is 12.0 Å². The van der Waals surface area contributed by atoms with Crippen molar-refractivity contribution in [2.24, 2.45) is 5.92 Å². The Morgan fingerprint density at radius 2 is 1.72 bits per heavy atom. The summed E-state index contributed by atoms with van der Waals surface area (Å²) in [6, 6.07) is 0. The van der Waals surface area contributed by atoms with Gasteiger partial charge in [0, 0.05) is 0 Å². The topological polar surface area (TPSA) is 0 Å². The van der Waals surface area contributed by atoms with Crippen LogP contribution in [-0.2, 0) is 26.2 Å². The van der Waals surface area contributed by atoms with Gasteiger partial charge in [0.05, 0.1) is 0 Å². The second-order valence-corrected chi connectivity index (χ2v) is 4.72. The Bertz CT molecular complexity index is 385. The van der Waals surface area contributed by atoms with Gasteiger partial charge in [-0.1, -0.05) is 43.4 Å². The number of allylic oxidation sites excluding steroid dienone is 8. The van der Waals surface area contributed by atoms with Crippen molar-refractivity contribution in [1.82, 2.24) is 0 Å². The van der Waals surface area contributed by atoms with E-state index in [0.29, 0.717) is 0 Å². The van der Waals surface area contributed by atoms with Crippen LogP contribution in [0.15, 0.2) is 41.0 Å². The van der Waals surface area contributed by atoms with Gasteiger partial charge in [-0.25, -0.2) is 0 Å². The number of hydrogen-bond donors (Lipinski definition) is 0. The van der Waals surface area contributed by atoms with Crippen LogP contribution in [0.5, 0.6) is 0 Å². The molecule has 0 saturated heterocycles. The molecular weight excluding hydrogens is 342 g/mol. The van der Waals surface area contributed by atoms with Gasteiger partial charge in [0.15, 0.2) is 0 Å². The SMILES string of the molecule is [C-]1=C(C2=C(C3CCCC3)C=CC2)C=CC1.[Cl-].[Cl-].[Zr+3]. The van der Waals surface area contributed by atoms with Crippen molar-refractivity contribution >= 4 is 0 Å². The smallest absolute Gasteiger partial charge is 1.00 e. The molecule has 18 heavy (non-hydrogen) atoms. The van der Waals surface area contributed by atoms with Gasteiger partial charge in [0.1, 0.15) is 0 Å². The zero-order valence-corrected chi connectivity index (χ0v) is 14.4. The Morgan fingerprint density at radius 3 is 2.33 bits per heavy atom. The zero-order chi connectivity index (χ0) is 10.1. The van der Waals surface area contributed by atoms with Gasteiger partial charge in [0.2, 0.25) is 0 Å². The second-order valence-electron chi connectivity index (χ2n) is 4.72. The monoisotopic (exact) mass is 357 g/mol. The van der Waals surface area contributed by atoms with Crippen molar-refractivity contribution in [3.63, 3.8) is 0 Å². The fourth-order valence-electron chi connectivity index (χ4n) is 3.02. The van der Waals surface area contributed by atoms with Crippen LogP contribution in [0.25, 0.3) is 0 Å². The molecule has 3 rings (SSSR count). The third-order valence-electron chi connectivity index (χ3n) is 3.78. The molecule has 0 N–H and O–H groups in total. The van der Waals surface area contributed by atoms with E-state index in [4.69, 9.17) is 0 Å². The van der Waals surface area contributed by atoms with E-state index in [9.17, 15) is 0 Å². The molecule has 1 radical (unpaired) electrons. The van der Waals surface area contributed by atoms with Crippen molar-refractivity contribution in [2.75, 3.05) is 0 Å². The summed E-state index contributed by atoms with van der Waals surface area (Å²) in [7, 11) is 0. The van der Waals surface area contributed by atoms with Crippen LogP contribution >= 0.6 is 0 Å². The van der Waals surface area contributed by atoms with Gasteiger partial charge in [-0.2, -0.15) is 17.7 Å². The molecule has 0 heterocycles. The van der Waals surface area contributed by atoms with Crippen molar-refractivity contribution in [1.29, 1.82) is 0 Å². The maximum Gasteiger partial charge on any atom is 3.00 e. The third-order valence-corrected chi connectivity index (χ3v) is 3.78. The standard InChI is InChI=1S/C15H17.2ClH.Zr/c1-2-7-12(6-1)14-10-5-11-15(14)13-8-3-4-9-13;;;/h1,5-6,11,13H,2-4,8-10H2;2*1H;/q-1;;;+3/p-2. The van der Waals surface area contributed by atoms with Crippen LogP contribution in [0.1, 0.15) is 38.5 Å². The minimum atomic E-state index is 0. The molecule has 0 atom stereocenters. The van der Waals surface area contributed by atoms with Crippen molar-refractivity contribution in [3.8, 4) is 0 Å². The predicted molar refractivity (Wildman–Crippen MR) is 63.3 cm³/mol. The second kappa shape index (κ2) is 8.57.